The van der Waals surface area contributed by atoms with E-state index in [2.05, 4.69) is 9.84 Å². The van der Waals surface area contributed by atoms with Crippen LogP contribution < -0.4 is 4.74 Å². The molecule has 1 aromatic heterocycles. The van der Waals surface area contributed by atoms with Gasteiger partial charge in [0.05, 0.1) is 17.9 Å². The number of hydrogen-bond acceptors (Lipinski definition) is 3. The molecule has 1 aromatic rings. The number of hydrogen-bond donors (Lipinski definition) is 0. The smallest absolute Gasteiger partial charge is 0.298 e. The summed E-state index contributed by atoms with van der Waals surface area (Å²) in [6.07, 6.45) is 3.20. The maximum Gasteiger partial charge on any atom is 0.298 e. The van der Waals surface area contributed by atoms with Crippen molar-refractivity contribution in [1.29, 1.82) is 0 Å². The second kappa shape index (κ2) is 2.97. The molecule has 0 aromatic carbocycles. The molecule has 0 bridgehead atoms. The van der Waals surface area contributed by atoms with Gasteiger partial charge < -0.3 is 4.74 Å². The lowest BCUT2D eigenvalue weighted by Gasteiger charge is -2.18. The van der Waals surface area contributed by atoms with E-state index in [0.29, 0.717) is 12.2 Å². The molecular weight excluding hydrogens is 156 g/mol. The van der Waals surface area contributed by atoms with E-state index in [1.165, 1.54) is 6.20 Å². The second-order valence-corrected chi connectivity index (χ2v) is 3.51. The molecule has 0 N–H and O–H groups in total. The molecule has 0 radical (unpaired) electrons. The molecule has 0 unspecified atom stereocenters. The van der Waals surface area contributed by atoms with Gasteiger partial charge in [0.25, 0.3) is 6.47 Å². The average molecular weight is 168 g/mol. The van der Waals surface area contributed by atoms with Gasteiger partial charge in [-0.25, -0.2) is 0 Å². The zero-order valence-electron chi connectivity index (χ0n) is 7.44. The molecule has 1 heterocycles. The molecule has 0 atom stereocenters. The van der Waals surface area contributed by atoms with Gasteiger partial charge in [-0.05, 0) is 20.8 Å². The van der Waals surface area contributed by atoms with Crippen LogP contribution in [-0.4, -0.2) is 16.3 Å². The van der Waals surface area contributed by atoms with E-state index in [0.717, 1.165) is 0 Å². The molecule has 0 spiro atoms. The highest BCUT2D eigenvalue weighted by atomic mass is 16.5. The lowest BCUT2D eigenvalue weighted by molar-refractivity contribution is -0.120. The molecule has 4 nitrogen and oxygen atoms in total. The Labute approximate surface area is 71.1 Å². The van der Waals surface area contributed by atoms with Crippen molar-refractivity contribution in [3.63, 3.8) is 0 Å². The molecule has 0 fully saturated rings. The SMILES string of the molecule is CC(C)(C)n1cc(OC=O)cn1. The van der Waals surface area contributed by atoms with Crippen LogP contribution in [0.5, 0.6) is 5.75 Å². The number of carbonyl (C=O) groups is 1. The summed E-state index contributed by atoms with van der Waals surface area (Å²) in [5.74, 6) is 0.472. The first-order chi connectivity index (χ1) is 5.54. The Morgan fingerprint density at radius 1 is 1.58 bits per heavy atom. The topological polar surface area (TPSA) is 44.1 Å². The number of ether oxygens (including phenoxy) is 1. The monoisotopic (exact) mass is 168 g/mol. The van der Waals surface area contributed by atoms with Crippen molar-refractivity contribution in [2.75, 3.05) is 0 Å². The van der Waals surface area contributed by atoms with Gasteiger partial charge in [0.15, 0.2) is 5.75 Å². The van der Waals surface area contributed by atoms with E-state index in [1.807, 2.05) is 20.8 Å². The van der Waals surface area contributed by atoms with Crippen LogP contribution in [0.4, 0.5) is 0 Å². The van der Waals surface area contributed by atoms with Crippen molar-refractivity contribution in [2.24, 2.45) is 0 Å². The van der Waals surface area contributed by atoms with Crippen LogP contribution in [0.15, 0.2) is 12.4 Å². The van der Waals surface area contributed by atoms with Crippen LogP contribution in [0.1, 0.15) is 20.8 Å². The van der Waals surface area contributed by atoms with Crippen LogP contribution in [0.2, 0.25) is 0 Å². The van der Waals surface area contributed by atoms with Crippen LogP contribution in [-0.2, 0) is 10.3 Å². The first-order valence-electron chi connectivity index (χ1n) is 3.69. The van der Waals surface area contributed by atoms with Crippen LogP contribution in [0.3, 0.4) is 0 Å². The van der Waals surface area contributed by atoms with E-state index in [-0.39, 0.29) is 5.54 Å². The van der Waals surface area contributed by atoms with Gasteiger partial charge in [0, 0.05) is 0 Å². The normalized spacial score (nSPS) is 11.2. The van der Waals surface area contributed by atoms with Crippen molar-refractivity contribution in [3.8, 4) is 5.75 Å². The Morgan fingerprint density at radius 3 is 2.67 bits per heavy atom. The lowest BCUT2D eigenvalue weighted by atomic mass is 10.1. The molecule has 0 aliphatic carbocycles. The van der Waals surface area contributed by atoms with Crippen molar-refractivity contribution in [3.05, 3.63) is 12.4 Å². The summed E-state index contributed by atoms with van der Waals surface area (Å²) in [6, 6.07) is 0. The Balaban J connectivity index is 2.84. The third kappa shape index (κ3) is 1.84. The third-order valence-electron chi connectivity index (χ3n) is 1.43. The molecule has 0 saturated heterocycles. The van der Waals surface area contributed by atoms with E-state index in [4.69, 9.17) is 0 Å². The highest BCUT2D eigenvalue weighted by Gasteiger charge is 2.13. The molecule has 66 valence electrons. The standard InChI is InChI=1S/C8H12N2O2/c1-8(2,3)10-5-7(4-9-10)12-6-11/h4-6H,1-3H3. The minimum atomic E-state index is -0.0789. The summed E-state index contributed by atoms with van der Waals surface area (Å²) >= 11 is 0. The Kier molecular flexibility index (Phi) is 2.17. The predicted octanol–water partition coefficient (Wildman–Crippen LogP) is 1.17. The zero-order chi connectivity index (χ0) is 9.19. The van der Waals surface area contributed by atoms with Crippen molar-refractivity contribution >= 4 is 6.47 Å². The average Bonchev–Trinajstić information content (AvgIpc) is 2.35. The van der Waals surface area contributed by atoms with Crippen LogP contribution >= 0.6 is 0 Å². The van der Waals surface area contributed by atoms with Gasteiger partial charge in [0.1, 0.15) is 0 Å². The third-order valence-corrected chi connectivity index (χ3v) is 1.43. The van der Waals surface area contributed by atoms with E-state index in [1.54, 1.807) is 10.9 Å². The highest BCUT2D eigenvalue weighted by Crippen LogP contribution is 2.16. The molecule has 0 aliphatic rings. The summed E-state index contributed by atoms with van der Waals surface area (Å²) in [7, 11) is 0. The van der Waals surface area contributed by atoms with Crippen LogP contribution in [0.25, 0.3) is 0 Å². The molecule has 12 heavy (non-hydrogen) atoms. The van der Waals surface area contributed by atoms with E-state index in [9.17, 15) is 4.79 Å². The molecular formula is C8H12N2O2. The molecule has 1 rings (SSSR count). The highest BCUT2D eigenvalue weighted by molar-refractivity contribution is 5.43. The fourth-order valence-electron chi connectivity index (χ4n) is 0.790. The van der Waals surface area contributed by atoms with Crippen molar-refractivity contribution in [2.45, 2.75) is 26.3 Å². The van der Waals surface area contributed by atoms with Crippen molar-refractivity contribution < 1.29 is 9.53 Å². The summed E-state index contributed by atoms with van der Waals surface area (Å²) < 4.78 is 6.36. The number of rotatable bonds is 2. The Hall–Kier alpha value is -1.32. The molecule has 0 aliphatic heterocycles. The fraction of sp³-hybridized carbons (Fsp3) is 0.500. The summed E-state index contributed by atoms with van der Waals surface area (Å²) in [6.45, 7) is 6.45. The summed E-state index contributed by atoms with van der Waals surface area (Å²) in [4.78, 5) is 9.97. The Bertz CT molecular complexity index is 273. The molecule has 0 saturated carbocycles. The molecule has 4 heteroatoms. The predicted molar refractivity (Wildman–Crippen MR) is 43.9 cm³/mol. The van der Waals surface area contributed by atoms with Crippen LogP contribution in [0, 0.1) is 0 Å². The number of nitrogens with zero attached hydrogens (tertiary/aromatic N) is 2. The summed E-state index contributed by atoms with van der Waals surface area (Å²) in [5, 5.41) is 4.04. The number of aromatic nitrogens is 2. The Morgan fingerprint density at radius 2 is 2.25 bits per heavy atom. The van der Waals surface area contributed by atoms with Gasteiger partial charge in [-0.15, -0.1) is 0 Å². The first-order valence-corrected chi connectivity index (χ1v) is 3.69. The summed E-state index contributed by atoms with van der Waals surface area (Å²) in [5.41, 5.74) is -0.0789. The van der Waals surface area contributed by atoms with Gasteiger partial charge in [-0.3, -0.25) is 9.48 Å². The largest absolute Gasteiger partial charge is 0.425 e. The lowest BCUT2D eigenvalue weighted by Crippen LogP contribution is -2.21. The van der Waals surface area contributed by atoms with Gasteiger partial charge in [-0.1, -0.05) is 0 Å². The minimum Gasteiger partial charge on any atom is -0.425 e. The van der Waals surface area contributed by atoms with Crippen molar-refractivity contribution in [1.82, 2.24) is 9.78 Å². The fourth-order valence-corrected chi connectivity index (χ4v) is 0.790. The van der Waals surface area contributed by atoms with Gasteiger partial charge in [0.2, 0.25) is 0 Å². The minimum absolute atomic E-state index is 0.0789. The first kappa shape index (κ1) is 8.77. The van der Waals surface area contributed by atoms with Gasteiger partial charge in [-0.2, -0.15) is 5.10 Å². The zero-order valence-corrected chi connectivity index (χ0v) is 7.44. The number of carbonyl (C=O) groups excluding carboxylic acids is 1. The van der Waals surface area contributed by atoms with E-state index >= 15 is 0 Å². The maximum atomic E-state index is 9.97. The van der Waals surface area contributed by atoms with E-state index < -0.39 is 0 Å². The quantitative estimate of drug-likeness (QED) is 0.623. The molecule has 0 amide bonds. The second-order valence-electron chi connectivity index (χ2n) is 3.51. The maximum absolute atomic E-state index is 9.97. The van der Waals surface area contributed by atoms with Gasteiger partial charge >= 0.3 is 0 Å².